The summed E-state index contributed by atoms with van der Waals surface area (Å²) in [6.07, 6.45) is 12.0. The Bertz CT molecular complexity index is 536. The molecule has 100 valence electrons. The number of nitrogen functional groups attached to an aromatic ring is 1. The SMILES string of the molecule is Nc1cccc(-c2nccn2C2CCCCCC2)c1. The molecule has 1 aromatic heterocycles. The molecule has 0 bridgehead atoms. The molecule has 2 aromatic rings. The first kappa shape index (κ1) is 12.3. The lowest BCUT2D eigenvalue weighted by molar-refractivity contribution is 0.447. The molecule has 0 saturated heterocycles. The molecule has 1 fully saturated rings. The lowest BCUT2D eigenvalue weighted by Gasteiger charge is -2.19. The average molecular weight is 255 g/mol. The highest BCUT2D eigenvalue weighted by atomic mass is 15.1. The number of imidazole rings is 1. The maximum absolute atomic E-state index is 5.88. The number of nitrogens with two attached hydrogens (primary N) is 1. The minimum absolute atomic E-state index is 0.599. The Hall–Kier alpha value is -1.77. The Balaban J connectivity index is 1.93. The molecule has 0 amide bonds. The highest BCUT2D eigenvalue weighted by molar-refractivity contribution is 5.61. The highest BCUT2D eigenvalue weighted by Gasteiger charge is 2.17. The molecular weight excluding hydrogens is 234 g/mol. The summed E-state index contributed by atoms with van der Waals surface area (Å²) in [6.45, 7) is 0. The quantitative estimate of drug-likeness (QED) is 0.650. The van der Waals surface area contributed by atoms with Crippen LogP contribution in [-0.2, 0) is 0 Å². The van der Waals surface area contributed by atoms with E-state index in [1.54, 1.807) is 0 Å². The van der Waals surface area contributed by atoms with Crippen molar-refractivity contribution in [3.8, 4) is 11.4 Å². The summed E-state index contributed by atoms with van der Waals surface area (Å²) in [5, 5.41) is 0. The van der Waals surface area contributed by atoms with Crippen molar-refractivity contribution in [1.82, 2.24) is 9.55 Å². The van der Waals surface area contributed by atoms with Gasteiger partial charge >= 0.3 is 0 Å². The van der Waals surface area contributed by atoms with Gasteiger partial charge in [-0.2, -0.15) is 0 Å². The summed E-state index contributed by atoms with van der Waals surface area (Å²) in [5.74, 6) is 1.05. The van der Waals surface area contributed by atoms with E-state index in [0.29, 0.717) is 6.04 Å². The van der Waals surface area contributed by atoms with Crippen molar-refractivity contribution in [3.63, 3.8) is 0 Å². The normalized spacial score (nSPS) is 17.3. The van der Waals surface area contributed by atoms with E-state index in [-0.39, 0.29) is 0 Å². The van der Waals surface area contributed by atoms with E-state index >= 15 is 0 Å². The molecule has 0 aliphatic heterocycles. The van der Waals surface area contributed by atoms with E-state index in [9.17, 15) is 0 Å². The molecule has 1 aromatic carbocycles. The Morgan fingerprint density at radius 3 is 2.63 bits per heavy atom. The number of rotatable bonds is 2. The van der Waals surface area contributed by atoms with E-state index in [4.69, 9.17) is 5.73 Å². The molecule has 1 aliphatic rings. The predicted molar refractivity (Wildman–Crippen MR) is 78.8 cm³/mol. The molecular formula is C16H21N3. The molecule has 3 nitrogen and oxygen atoms in total. The third kappa shape index (κ3) is 2.65. The van der Waals surface area contributed by atoms with E-state index in [1.165, 1.54) is 38.5 Å². The molecule has 3 heteroatoms. The molecule has 0 unspecified atom stereocenters. The zero-order valence-corrected chi connectivity index (χ0v) is 11.3. The summed E-state index contributed by atoms with van der Waals surface area (Å²) < 4.78 is 2.35. The number of hydrogen-bond donors (Lipinski definition) is 1. The van der Waals surface area contributed by atoms with Gasteiger partial charge in [-0.15, -0.1) is 0 Å². The number of hydrogen-bond acceptors (Lipinski definition) is 2. The highest BCUT2D eigenvalue weighted by Crippen LogP contribution is 2.31. The van der Waals surface area contributed by atoms with Gasteiger partial charge in [-0.05, 0) is 25.0 Å². The van der Waals surface area contributed by atoms with Gasteiger partial charge in [0.15, 0.2) is 0 Å². The smallest absolute Gasteiger partial charge is 0.140 e. The van der Waals surface area contributed by atoms with Crippen LogP contribution < -0.4 is 5.73 Å². The van der Waals surface area contributed by atoms with Crippen molar-refractivity contribution in [2.24, 2.45) is 0 Å². The zero-order valence-electron chi connectivity index (χ0n) is 11.3. The first-order valence-corrected chi connectivity index (χ1v) is 7.23. The largest absolute Gasteiger partial charge is 0.399 e. The van der Waals surface area contributed by atoms with E-state index in [1.807, 2.05) is 24.4 Å². The third-order valence-corrected chi connectivity index (χ3v) is 4.03. The van der Waals surface area contributed by atoms with Crippen LogP contribution >= 0.6 is 0 Å². The summed E-state index contributed by atoms with van der Waals surface area (Å²) in [7, 11) is 0. The molecule has 19 heavy (non-hydrogen) atoms. The van der Waals surface area contributed by atoms with Crippen LogP contribution in [0, 0.1) is 0 Å². The standard InChI is InChI=1S/C16H21N3/c17-14-7-5-6-13(12-14)16-18-10-11-19(16)15-8-3-1-2-4-9-15/h5-7,10-12,15H,1-4,8-9,17H2. The zero-order chi connectivity index (χ0) is 13.1. The predicted octanol–water partition coefficient (Wildman–Crippen LogP) is 4.03. The van der Waals surface area contributed by atoms with Gasteiger partial charge in [0.25, 0.3) is 0 Å². The van der Waals surface area contributed by atoms with Gasteiger partial charge in [0, 0.05) is 29.7 Å². The van der Waals surface area contributed by atoms with E-state index < -0.39 is 0 Å². The first-order chi connectivity index (χ1) is 9.34. The van der Waals surface area contributed by atoms with Gasteiger partial charge in [-0.3, -0.25) is 0 Å². The summed E-state index contributed by atoms with van der Waals surface area (Å²) in [4.78, 5) is 4.54. The van der Waals surface area contributed by atoms with Crippen molar-refractivity contribution in [3.05, 3.63) is 36.7 Å². The van der Waals surface area contributed by atoms with Crippen LogP contribution in [0.1, 0.15) is 44.6 Å². The summed E-state index contributed by atoms with van der Waals surface area (Å²) >= 11 is 0. The second-order valence-electron chi connectivity index (χ2n) is 5.43. The molecule has 0 spiro atoms. The molecule has 3 rings (SSSR count). The lowest BCUT2D eigenvalue weighted by atomic mass is 10.1. The Morgan fingerprint density at radius 2 is 1.89 bits per heavy atom. The molecule has 1 saturated carbocycles. The van der Waals surface area contributed by atoms with Gasteiger partial charge in [0.2, 0.25) is 0 Å². The van der Waals surface area contributed by atoms with E-state index in [2.05, 4.69) is 21.8 Å². The molecule has 0 atom stereocenters. The summed E-state index contributed by atoms with van der Waals surface area (Å²) in [6, 6.07) is 8.61. The van der Waals surface area contributed by atoms with Crippen molar-refractivity contribution < 1.29 is 0 Å². The average Bonchev–Trinajstić information content (AvgIpc) is 2.75. The Kier molecular flexibility index (Phi) is 3.53. The van der Waals surface area contributed by atoms with Crippen LogP contribution in [0.3, 0.4) is 0 Å². The maximum atomic E-state index is 5.88. The molecule has 2 N–H and O–H groups in total. The van der Waals surface area contributed by atoms with Crippen LogP contribution in [0.4, 0.5) is 5.69 Å². The van der Waals surface area contributed by atoms with Crippen LogP contribution in [0.15, 0.2) is 36.7 Å². The van der Waals surface area contributed by atoms with Crippen LogP contribution in [0.2, 0.25) is 0 Å². The topological polar surface area (TPSA) is 43.8 Å². The Labute approximate surface area is 114 Å². The lowest BCUT2D eigenvalue weighted by Crippen LogP contribution is -2.08. The molecule has 1 aliphatic carbocycles. The van der Waals surface area contributed by atoms with Crippen molar-refractivity contribution in [2.45, 2.75) is 44.6 Å². The minimum atomic E-state index is 0.599. The second kappa shape index (κ2) is 5.47. The number of anilines is 1. The van der Waals surface area contributed by atoms with Crippen LogP contribution in [0.25, 0.3) is 11.4 Å². The maximum Gasteiger partial charge on any atom is 0.140 e. The fourth-order valence-corrected chi connectivity index (χ4v) is 3.05. The molecule has 1 heterocycles. The number of aromatic nitrogens is 2. The van der Waals surface area contributed by atoms with Gasteiger partial charge in [0.05, 0.1) is 0 Å². The van der Waals surface area contributed by atoms with Gasteiger partial charge in [-0.1, -0.05) is 37.8 Å². The fourth-order valence-electron chi connectivity index (χ4n) is 3.05. The monoisotopic (exact) mass is 255 g/mol. The van der Waals surface area contributed by atoms with Crippen LogP contribution in [0.5, 0.6) is 0 Å². The van der Waals surface area contributed by atoms with Crippen LogP contribution in [-0.4, -0.2) is 9.55 Å². The molecule has 0 radical (unpaired) electrons. The minimum Gasteiger partial charge on any atom is -0.399 e. The third-order valence-electron chi connectivity index (χ3n) is 4.03. The van der Waals surface area contributed by atoms with Gasteiger partial charge in [0.1, 0.15) is 5.82 Å². The Morgan fingerprint density at radius 1 is 1.11 bits per heavy atom. The van der Waals surface area contributed by atoms with Crippen molar-refractivity contribution in [1.29, 1.82) is 0 Å². The van der Waals surface area contributed by atoms with Crippen molar-refractivity contribution in [2.75, 3.05) is 5.73 Å². The van der Waals surface area contributed by atoms with E-state index in [0.717, 1.165) is 17.1 Å². The summed E-state index contributed by atoms with van der Waals surface area (Å²) in [5.41, 5.74) is 7.80. The fraction of sp³-hybridized carbons (Fsp3) is 0.438. The van der Waals surface area contributed by atoms with Crippen molar-refractivity contribution >= 4 is 5.69 Å². The number of benzene rings is 1. The number of nitrogens with zero attached hydrogens (tertiary/aromatic N) is 2. The first-order valence-electron chi connectivity index (χ1n) is 7.23. The second-order valence-corrected chi connectivity index (χ2v) is 5.43. The van der Waals surface area contributed by atoms with Gasteiger partial charge < -0.3 is 10.3 Å². The van der Waals surface area contributed by atoms with Gasteiger partial charge in [-0.25, -0.2) is 4.98 Å².